The fraction of sp³-hybridized carbons (Fsp3) is 0.125. The molecular formula is C24H21N5O6S. The quantitative estimate of drug-likeness (QED) is 0.326. The van der Waals surface area contributed by atoms with Gasteiger partial charge in [0.1, 0.15) is 5.75 Å². The van der Waals surface area contributed by atoms with Gasteiger partial charge in [0.15, 0.2) is 6.61 Å². The molecule has 1 amide bonds. The minimum atomic E-state index is -4.08. The summed E-state index contributed by atoms with van der Waals surface area (Å²) in [4.78, 5) is 24.2. The van der Waals surface area contributed by atoms with Crippen molar-refractivity contribution in [2.24, 2.45) is 0 Å². The van der Waals surface area contributed by atoms with Crippen molar-refractivity contribution in [3.05, 3.63) is 78.4 Å². The Balaban J connectivity index is 1.57. The van der Waals surface area contributed by atoms with Crippen LogP contribution in [0.25, 0.3) is 11.4 Å². The van der Waals surface area contributed by atoms with Crippen LogP contribution in [0.1, 0.15) is 17.3 Å². The zero-order valence-electron chi connectivity index (χ0n) is 19.0. The van der Waals surface area contributed by atoms with Gasteiger partial charge in [-0.2, -0.15) is 5.21 Å². The van der Waals surface area contributed by atoms with Crippen molar-refractivity contribution < 1.29 is 27.5 Å². The molecule has 0 fully saturated rings. The van der Waals surface area contributed by atoms with Gasteiger partial charge in [0.05, 0.1) is 22.1 Å². The summed E-state index contributed by atoms with van der Waals surface area (Å²) in [5.41, 5.74) is 0.636. The number of para-hydroxylation sites is 1. The van der Waals surface area contributed by atoms with Crippen LogP contribution in [0.4, 0.5) is 5.69 Å². The Morgan fingerprint density at radius 1 is 0.944 bits per heavy atom. The summed E-state index contributed by atoms with van der Waals surface area (Å²) in [6.45, 7) is 1.69. The molecule has 0 atom stereocenters. The smallest absolute Gasteiger partial charge is 0.344 e. The van der Waals surface area contributed by atoms with Gasteiger partial charge in [-0.3, -0.25) is 4.79 Å². The van der Waals surface area contributed by atoms with Crippen LogP contribution >= 0.6 is 0 Å². The number of esters is 1. The van der Waals surface area contributed by atoms with Gasteiger partial charge in [-0.25, -0.2) is 13.2 Å². The fourth-order valence-corrected chi connectivity index (χ4v) is 4.94. The highest BCUT2D eigenvalue weighted by atomic mass is 32.2. The monoisotopic (exact) mass is 507 g/mol. The van der Waals surface area contributed by atoms with Gasteiger partial charge < -0.3 is 14.8 Å². The number of nitrogens with one attached hydrogen (secondary N) is 2. The Labute approximate surface area is 206 Å². The first-order chi connectivity index (χ1) is 17.4. The standard InChI is InChI=1S/C24H21N5O6S/c1-2-34-22(30)15-35-17-13-11-16(12-14-17)24(31)25-19-8-4-6-10-21(19)36(32,33)20-9-5-3-7-18(20)23-26-28-29-27-23/h3-14H,2,15H2,1H3,(H,25,31)(H,26,27,28,29). The summed E-state index contributed by atoms with van der Waals surface area (Å²) >= 11 is 0. The minimum absolute atomic E-state index is 0.0313. The molecule has 0 radical (unpaired) electrons. The number of carbonyl (C=O) groups excluding carboxylic acids is 2. The lowest BCUT2D eigenvalue weighted by Gasteiger charge is -2.14. The lowest BCUT2D eigenvalue weighted by atomic mass is 10.2. The normalized spacial score (nSPS) is 11.0. The molecule has 0 unspecified atom stereocenters. The Morgan fingerprint density at radius 3 is 2.33 bits per heavy atom. The Morgan fingerprint density at radius 2 is 1.64 bits per heavy atom. The van der Waals surface area contributed by atoms with Crippen LogP contribution in [0.2, 0.25) is 0 Å². The maximum atomic E-state index is 13.6. The van der Waals surface area contributed by atoms with Gasteiger partial charge in [0, 0.05) is 11.1 Å². The second kappa shape index (κ2) is 10.8. The van der Waals surface area contributed by atoms with Gasteiger partial charge in [-0.1, -0.05) is 24.3 Å². The van der Waals surface area contributed by atoms with Gasteiger partial charge in [-0.15, -0.1) is 10.2 Å². The maximum absolute atomic E-state index is 13.6. The first kappa shape index (κ1) is 24.5. The average molecular weight is 508 g/mol. The molecule has 12 heteroatoms. The van der Waals surface area contributed by atoms with E-state index in [9.17, 15) is 18.0 Å². The van der Waals surface area contributed by atoms with Crippen LogP contribution < -0.4 is 10.1 Å². The van der Waals surface area contributed by atoms with Crippen molar-refractivity contribution >= 4 is 27.4 Å². The van der Waals surface area contributed by atoms with Gasteiger partial charge >= 0.3 is 5.97 Å². The van der Waals surface area contributed by atoms with E-state index in [0.717, 1.165) is 0 Å². The van der Waals surface area contributed by atoms with E-state index in [-0.39, 0.29) is 45.6 Å². The molecule has 184 valence electrons. The van der Waals surface area contributed by atoms with E-state index in [1.165, 1.54) is 42.5 Å². The number of hydrogen-bond acceptors (Lipinski definition) is 9. The van der Waals surface area contributed by atoms with Crippen LogP contribution in [0.3, 0.4) is 0 Å². The second-order valence-electron chi connectivity index (χ2n) is 7.30. The molecule has 3 aromatic carbocycles. The number of aromatic nitrogens is 4. The van der Waals surface area contributed by atoms with Crippen molar-refractivity contribution in [3.63, 3.8) is 0 Å². The second-order valence-corrected chi connectivity index (χ2v) is 9.19. The van der Waals surface area contributed by atoms with Crippen molar-refractivity contribution in [3.8, 4) is 17.1 Å². The summed E-state index contributed by atoms with van der Waals surface area (Å²) in [5, 5.41) is 16.2. The third-order valence-corrected chi connectivity index (χ3v) is 6.84. The molecule has 0 spiro atoms. The molecule has 1 heterocycles. The number of sulfone groups is 1. The Bertz CT molecular complexity index is 1470. The van der Waals surface area contributed by atoms with Crippen LogP contribution in [-0.2, 0) is 19.4 Å². The van der Waals surface area contributed by atoms with Gasteiger partial charge in [0.2, 0.25) is 15.7 Å². The molecule has 0 aliphatic carbocycles. The number of carbonyl (C=O) groups is 2. The average Bonchev–Trinajstić information content (AvgIpc) is 3.43. The molecule has 0 aliphatic rings. The first-order valence-electron chi connectivity index (χ1n) is 10.8. The minimum Gasteiger partial charge on any atom is -0.482 e. The van der Waals surface area contributed by atoms with Crippen LogP contribution in [0.5, 0.6) is 5.75 Å². The summed E-state index contributed by atoms with van der Waals surface area (Å²) in [6.07, 6.45) is 0. The van der Waals surface area contributed by atoms with Crippen LogP contribution in [0.15, 0.2) is 82.6 Å². The number of anilines is 1. The summed E-state index contributed by atoms with van der Waals surface area (Å²) in [7, 11) is -4.08. The third kappa shape index (κ3) is 5.39. The maximum Gasteiger partial charge on any atom is 0.344 e. The molecule has 0 saturated heterocycles. The van der Waals surface area contributed by atoms with E-state index < -0.39 is 21.7 Å². The molecule has 0 saturated carbocycles. The Hall–Kier alpha value is -4.58. The highest BCUT2D eigenvalue weighted by Gasteiger charge is 2.26. The fourth-order valence-electron chi connectivity index (χ4n) is 3.33. The molecule has 36 heavy (non-hydrogen) atoms. The summed E-state index contributed by atoms with van der Waals surface area (Å²) < 4.78 is 37.4. The summed E-state index contributed by atoms with van der Waals surface area (Å²) in [6, 6.07) is 18.4. The number of benzene rings is 3. The number of hydrogen-bond donors (Lipinski definition) is 2. The predicted molar refractivity (Wildman–Crippen MR) is 128 cm³/mol. The topological polar surface area (TPSA) is 153 Å². The number of aromatic amines is 1. The lowest BCUT2D eigenvalue weighted by Crippen LogP contribution is -2.16. The molecule has 11 nitrogen and oxygen atoms in total. The van der Waals surface area contributed by atoms with Crippen molar-refractivity contribution in [2.45, 2.75) is 16.7 Å². The highest BCUT2D eigenvalue weighted by Crippen LogP contribution is 2.33. The predicted octanol–water partition coefficient (Wildman–Crippen LogP) is 2.89. The van der Waals surface area contributed by atoms with E-state index >= 15 is 0 Å². The third-order valence-electron chi connectivity index (χ3n) is 4.97. The van der Waals surface area contributed by atoms with Gasteiger partial charge in [0.25, 0.3) is 5.91 Å². The molecule has 4 rings (SSSR count). The number of amides is 1. The number of H-pyrrole nitrogens is 1. The van der Waals surface area contributed by atoms with Gasteiger partial charge in [-0.05, 0) is 60.7 Å². The van der Waals surface area contributed by atoms with E-state index in [4.69, 9.17) is 9.47 Å². The Kier molecular flexibility index (Phi) is 7.35. The number of tetrazole rings is 1. The SMILES string of the molecule is CCOC(=O)COc1ccc(C(=O)Nc2ccccc2S(=O)(=O)c2ccccc2-c2nn[nH]n2)cc1. The molecule has 4 aromatic rings. The first-order valence-corrected chi connectivity index (χ1v) is 12.2. The zero-order valence-corrected chi connectivity index (χ0v) is 19.9. The highest BCUT2D eigenvalue weighted by molar-refractivity contribution is 7.91. The van der Waals surface area contributed by atoms with Crippen molar-refractivity contribution in [1.29, 1.82) is 0 Å². The van der Waals surface area contributed by atoms with E-state index in [2.05, 4.69) is 25.9 Å². The number of ether oxygens (including phenoxy) is 2. The molecule has 0 aliphatic heterocycles. The zero-order chi connectivity index (χ0) is 25.5. The molecule has 2 N–H and O–H groups in total. The lowest BCUT2D eigenvalue weighted by molar-refractivity contribution is -0.145. The van der Waals surface area contributed by atoms with Crippen LogP contribution in [-0.4, -0.2) is 54.1 Å². The van der Waals surface area contributed by atoms with E-state index in [1.807, 2.05) is 0 Å². The van der Waals surface area contributed by atoms with Crippen molar-refractivity contribution in [2.75, 3.05) is 18.5 Å². The number of nitrogens with zero attached hydrogens (tertiary/aromatic N) is 3. The van der Waals surface area contributed by atoms with Crippen molar-refractivity contribution in [1.82, 2.24) is 20.6 Å². The molecular weight excluding hydrogens is 486 g/mol. The van der Waals surface area contributed by atoms with E-state index in [0.29, 0.717) is 5.75 Å². The van der Waals surface area contributed by atoms with Crippen LogP contribution in [0, 0.1) is 0 Å². The summed E-state index contributed by atoms with van der Waals surface area (Å²) in [5.74, 6) is -0.527. The van der Waals surface area contributed by atoms with E-state index in [1.54, 1.807) is 37.3 Å². The molecule has 1 aromatic heterocycles. The molecule has 0 bridgehead atoms. The number of rotatable bonds is 9. The largest absolute Gasteiger partial charge is 0.482 e.